The van der Waals surface area contributed by atoms with Gasteiger partial charge in [-0.15, -0.1) is 0 Å². The average molecular weight is 645 g/mol. The molecule has 4 rings (SSSR count). The summed E-state index contributed by atoms with van der Waals surface area (Å²) in [6, 6.07) is 24.8. The molecular formula is C44H56N2O2. The highest BCUT2D eigenvalue weighted by Gasteiger charge is 2.26. The summed E-state index contributed by atoms with van der Waals surface area (Å²) in [4.78, 5) is 9.84. The third-order valence-electron chi connectivity index (χ3n) is 8.96. The van der Waals surface area contributed by atoms with Gasteiger partial charge in [-0.05, 0) is 81.0 Å². The summed E-state index contributed by atoms with van der Waals surface area (Å²) in [6.07, 6.45) is 5.17. The first-order valence-electron chi connectivity index (χ1n) is 17.2. The fourth-order valence-electron chi connectivity index (χ4n) is 5.76. The van der Waals surface area contributed by atoms with Crippen LogP contribution in [0.1, 0.15) is 128 Å². The van der Waals surface area contributed by atoms with Crippen LogP contribution in [0.5, 0.6) is 11.5 Å². The van der Waals surface area contributed by atoms with Crippen LogP contribution >= 0.6 is 0 Å². The Hall–Kier alpha value is -4.18. The maximum absolute atomic E-state index is 11.3. The van der Waals surface area contributed by atoms with Crippen LogP contribution < -0.4 is 0 Å². The molecule has 0 fully saturated rings. The molecule has 48 heavy (non-hydrogen) atoms. The van der Waals surface area contributed by atoms with Crippen LogP contribution in [0.2, 0.25) is 0 Å². The van der Waals surface area contributed by atoms with E-state index in [1.165, 1.54) is 11.1 Å². The van der Waals surface area contributed by atoms with Crippen LogP contribution in [-0.4, -0.2) is 22.6 Å². The van der Waals surface area contributed by atoms with Crippen molar-refractivity contribution in [2.24, 2.45) is 9.98 Å². The average Bonchev–Trinajstić information content (AvgIpc) is 2.97. The van der Waals surface area contributed by atoms with Gasteiger partial charge in [-0.2, -0.15) is 0 Å². The second kappa shape index (κ2) is 13.7. The third kappa shape index (κ3) is 8.83. The van der Waals surface area contributed by atoms with Gasteiger partial charge in [-0.1, -0.05) is 132 Å². The smallest absolute Gasteiger partial charge is 0.128 e. The Morgan fingerprint density at radius 2 is 0.812 bits per heavy atom. The molecule has 0 unspecified atom stereocenters. The minimum absolute atomic E-state index is 0.0624. The van der Waals surface area contributed by atoms with Gasteiger partial charge in [0.05, 0.1) is 11.4 Å². The van der Waals surface area contributed by atoms with Crippen molar-refractivity contribution in [2.45, 2.75) is 118 Å². The lowest BCUT2D eigenvalue weighted by atomic mass is 9.79. The molecule has 0 saturated heterocycles. The first-order chi connectivity index (χ1) is 22.2. The maximum Gasteiger partial charge on any atom is 0.128 e. The standard InChI is InChI=1S/C44H56N2O2/c1-41(2,3)33-23-31(39(47)35(25-33)43(7,8)9)27-45-37-19-15-13-17-29(37)21-22-30-18-14-16-20-38(30)46-28-32-24-34(42(4,5)6)26-36(40(32)48)44(10,11)12/h13-20,23-28,47-48H,21-22H2,1-12H3. The fraction of sp³-hybridized carbons (Fsp3) is 0.409. The quantitative estimate of drug-likeness (QED) is 0.197. The van der Waals surface area contributed by atoms with Gasteiger partial charge in [-0.3, -0.25) is 9.98 Å². The van der Waals surface area contributed by atoms with Crippen molar-refractivity contribution in [3.8, 4) is 11.5 Å². The first kappa shape index (κ1) is 36.7. The number of benzene rings is 4. The molecule has 4 nitrogen and oxygen atoms in total. The van der Waals surface area contributed by atoms with E-state index in [9.17, 15) is 10.2 Å². The van der Waals surface area contributed by atoms with Crippen molar-refractivity contribution < 1.29 is 10.2 Å². The number of phenols is 2. The van der Waals surface area contributed by atoms with E-state index in [-0.39, 0.29) is 33.2 Å². The molecule has 0 heterocycles. The first-order valence-corrected chi connectivity index (χ1v) is 17.2. The number of nitrogens with zero attached hydrogens (tertiary/aromatic N) is 2. The lowest BCUT2D eigenvalue weighted by Crippen LogP contribution is -2.17. The van der Waals surface area contributed by atoms with Gasteiger partial charge in [0.1, 0.15) is 11.5 Å². The minimum atomic E-state index is -0.204. The molecule has 4 aromatic carbocycles. The second-order valence-corrected chi connectivity index (χ2v) is 17.2. The van der Waals surface area contributed by atoms with Gasteiger partial charge in [0.25, 0.3) is 0 Å². The zero-order valence-electron chi connectivity index (χ0n) is 31.3. The fourth-order valence-corrected chi connectivity index (χ4v) is 5.76. The van der Waals surface area contributed by atoms with Crippen molar-refractivity contribution in [3.63, 3.8) is 0 Å². The van der Waals surface area contributed by atoms with Gasteiger partial charge in [0, 0.05) is 34.7 Å². The Morgan fingerprint density at radius 3 is 1.12 bits per heavy atom. The topological polar surface area (TPSA) is 65.2 Å². The molecule has 0 spiro atoms. The second-order valence-electron chi connectivity index (χ2n) is 17.2. The number of aromatic hydroxyl groups is 2. The number of hydrogen-bond acceptors (Lipinski definition) is 4. The van der Waals surface area contributed by atoms with E-state index >= 15 is 0 Å². The summed E-state index contributed by atoms with van der Waals surface area (Å²) in [5.41, 5.74) is 9.15. The molecule has 0 radical (unpaired) electrons. The van der Waals surface area contributed by atoms with E-state index in [4.69, 9.17) is 9.98 Å². The Kier molecular flexibility index (Phi) is 10.5. The summed E-state index contributed by atoms with van der Waals surface area (Å²) < 4.78 is 0. The largest absolute Gasteiger partial charge is 0.507 e. The van der Waals surface area contributed by atoms with Gasteiger partial charge >= 0.3 is 0 Å². The highest BCUT2D eigenvalue weighted by atomic mass is 16.3. The van der Waals surface area contributed by atoms with Crippen LogP contribution in [-0.2, 0) is 34.5 Å². The molecule has 2 N–H and O–H groups in total. The molecule has 0 aliphatic heterocycles. The normalized spacial score (nSPS) is 13.2. The Balaban J connectivity index is 1.64. The molecule has 0 amide bonds. The SMILES string of the molecule is CC(C)(C)c1cc(C=Nc2ccccc2CCc2ccccc2N=Cc2cc(C(C)(C)C)cc(C(C)(C)C)c2O)c(O)c(C(C)(C)C)c1. The Morgan fingerprint density at radius 1 is 0.479 bits per heavy atom. The monoisotopic (exact) mass is 644 g/mol. The number of aliphatic imine (C=N–C) groups is 2. The molecule has 0 aliphatic carbocycles. The van der Waals surface area contributed by atoms with Crippen molar-refractivity contribution in [1.82, 2.24) is 0 Å². The van der Waals surface area contributed by atoms with Crippen LogP contribution in [0.3, 0.4) is 0 Å². The van der Waals surface area contributed by atoms with E-state index in [0.717, 1.165) is 57.6 Å². The molecule has 0 atom stereocenters. The van der Waals surface area contributed by atoms with Crippen molar-refractivity contribution >= 4 is 23.8 Å². The van der Waals surface area contributed by atoms with Gasteiger partial charge in [0.15, 0.2) is 0 Å². The number of phenolic OH excluding ortho intramolecular Hbond substituents is 2. The van der Waals surface area contributed by atoms with Gasteiger partial charge in [-0.25, -0.2) is 0 Å². The molecule has 254 valence electrons. The summed E-state index contributed by atoms with van der Waals surface area (Å²) in [7, 11) is 0. The van der Waals surface area contributed by atoms with Crippen LogP contribution in [0.4, 0.5) is 11.4 Å². The zero-order valence-corrected chi connectivity index (χ0v) is 31.3. The van der Waals surface area contributed by atoms with E-state index < -0.39 is 0 Å². The Bertz CT molecular complexity index is 1680. The predicted octanol–water partition coefficient (Wildman–Crippen LogP) is 11.6. The van der Waals surface area contributed by atoms with Crippen molar-refractivity contribution in [1.29, 1.82) is 0 Å². The lowest BCUT2D eigenvalue weighted by molar-refractivity contribution is 0.443. The summed E-state index contributed by atoms with van der Waals surface area (Å²) >= 11 is 0. The molecule has 4 aromatic rings. The predicted molar refractivity (Wildman–Crippen MR) is 206 cm³/mol. The molecule has 4 heteroatoms. The van der Waals surface area contributed by atoms with Gasteiger partial charge in [0.2, 0.25) is 0 Å². The highest BCUT2D eigenvalue weighted by Crippen LogP contribution is 2.39. The summed E-state index contributed by atoms with van der Waals surface area (Å²) in [5.74, 6) is 0.578. The highest BCUT2D eigenvalue weighted by molar-refractivity contribution is 5.88. The molecule has 0 bridgehead atoms. The number of aryl methyl sites for hydroxylation is 2. The third-order valence-corrected chi connectivity index (χ3v) is 8.96. The molecule has 0 saturated carbocycles. The van der Waals surface area contributed by atoms with Crippen LogP contribution in [0.15, 0.2) is 82.8 Å². The van der Waals surface area contributed by atoms with E-state index in [0.29, 0.717) is 0 Å². The zero-order chi connectivity index (χ0) is 35.7. The lowest BCUT2D eigenvalue weighted by Gasteiger charge is -2.27. The molecule has 0 aliphatic rings. The number of hydrogen-bond donors (Lipinski definition) is 2. The maximum atomic E-state index is 11.3. The van der Waals surface area contributed by atoms with Crippen molar-refractivity contribution in [2.75, 3.05) is 0 Å². The van der Waals surface area contributed by atoms with E-state index in [1.54, 1.807) is 12.4 Å². The Labute approximate surface area is 289 Å². The molecule has 0 aromatic heterocycles. The van der Waals surface area contributed by atoms with Crippen LogP contribution in [0, 0.1) is 0 Å². The number of para-hydroxylation sites is 2. The minimum Gasteiger partial charge on any atom is -0.507 e. The van der Waals surface area contributed by atoms with Gasteiger partial charge < -0.3 is 10.2 Å². The van der Waals surface area contributed by atoms with E-state index in [2.05, 4.69) is 119 Å². The summed E-state index contributed by atoms with van der Waals surface area (Å²) in [6.45, 7) is 25.9. The van der Waals surface area contributed by atoms with Crippen molar-refractivity contribution in [3.05, 3.63) is 117 Å². The van der Waals surface area contributed by atoms with Crippen LogP contribution in [0.25, 0.3) is 0 Å². The number of rotatable bonds is 7. The summed E-state index contributed by atoms with van der Waals surface area (Å²) in [5, 5.41) is 22.6. The molecular weight excluding hydrogens is 588 g/mol. The van der Waals surface area contributed by atoms with E-state index in [1.807, 2.05) is 36.4 Å².